The molecule has 1 heterocycles. The van der Waals surface area contributed by atoms with Crippen molar-refractivity contribution in [2.45, 2.75) is 6.42 Å². The van der Waals surface area contributed by atoms with Gasteiger partial charge in [0.15, 0.2) is 0 Å². The van der Waals surface area contributed by atoms with Gasteiger partial charge in [0.1, 0.15) is 0 Å². The molecule has 7 heteroatoms. The molecule has 0 unspecified atom stereocenters. The number of benzene rings is 1. The summed E-state index contributed by atoms with van der Waals surface area (Å²) in [6.07, 6.45) is 2.72. The van der Waals surface area contributed by atoms with Gasteiger partial charge in [-0.05, 0) is 40.8 Å². The van der Waals surface area contributed by atoms with E-state index < -0.39 is 0 Å². The lowest BCUT2D eigenvalue weighted by atomic mass is 10.2. The van der Waals surface area contributed by atoms with Crippen molar-refractivity contribution in [3.05, 3.63) is 49.8 Å². The lowest BCUT2D eigenvalue weighted by Crippen LogP contribution is -2.06. The van der Waals surface area contributed by atoms with Crippen molar-refractivity contribution < 1.29 is 4.92 Å². The van der Waals surface area contributed by atoms with Gasteiger partial charge in [0.25, 0.3) is 5.69 Å². The monoisotopic (exact) mass is 372 g/mol. The van der Waals surface area contributed by atoms with Crippen molar-refractivity contribution in [2.75, 3.05) is 11.9 Å². The highest BCUT2D eigenvalue weighted by molar-refractivity contribution is 14.1. The molecular formula is C12H13IN4O2. The Bertz CT molecular complexity index is 597. The van der Waals surface area contributed by atoms with E-state index in [-0.39, 0.29) is 10.6 Å². The Kier molecular flexibility index (Phi) is 4.35. The van der Waals surface area contributed by atoms with Crippen molar-refractivity contribution in [1.82, 2.24) is 9.78 Å². The predicted molar refractivity (Wildman–Crippen MR) is 81.2 cm³/mol. The third-order valence-electron chi connectivity index (χ3n) is 2.62. The first-order valence-corrected chi connectivity index (χ1v) is 6.80. The molecule has 0 saturated heterocycles. The molecule has 0 saturated carbocycles. The van der Waals surface area contributed by atoms with Gasteiger partial charge in [-0.3, -0.25) is 14.8 Å². The van der Waals surface area contributed by atoms with E-state index in [0.717, 1.165) is 24.3 Å². The fourth-order valence-corrected chi connectivity index (χ4v) is 2.41. The minimum Gasteiger partial charge on any atom is -0.385 e. The summed E-state index contributed by atoms with van der Waals surface area (Å²) in [5.74, 6) is 0. The molecule has 0 amide bonds. The number of nitrogens with zero attached hydrogens (tertiary/aromatic N) is 3. The number of anilines is 1. The Labute approximate surface area is 124 Å². The highest BCUT2D eigenvalue weighted by Crippen LogP contribution is 2.23. The number of halogens is 1. The van der Waals surface area contributed by atoms with Crippen LogP contribution in [-0.4, -0.2) is 21.2 Å². The van der Waals surface area contributed by atoms with Gasteiger partial charge in [0.2, 0.25) is 0 Å². The summed E-state index contributed by atoms with van der Waals surface area (Å²) in [7, 11) is 1.88. The molecule has 0 aliphatic carbocycles. The van der Waals surface area contributed by atoms with Crippen LogP contribution in [0, 0.1) is 13.7 Å². The van der Waals surface area contributed by atoms with Crippen molar-refractivity contribution in [2.24, 2.45) is 7.05 Å². The molecule has 1 N–H and O–H groups in total. The molecule has 0 atom stereocenters. The van der Waals surface area contributed by atoms with E-state index in [2.05, 4.69) is 10.4 Å². The molecular weight excluding hydrogens is 359 g/mol. The first kappa shape index (κ1) is 13.8. The normalized spacial score (nSPS) is 10.4. The molecule has 0 radical (unpaired) electrons. The molecule has 100 valence electrons. The second-order valence-electron chi connectivity index (χ2n) is 4.08. The van der Waals surface area contributed by atoms with Crippen LogP contribution in [0.2, 0.25) is 0 Å². The second-order valence-corrected chi connectivity index (χ2v) is 5.24. The third-order valence-corrected chi connectivity index (χ3v) is 3.49. The van der Waals surface area contributed by atoms with Crippen LogP contribution in [0.25, 0.3) is 0 Å². The van der Waals surface area contributed by atoms with Crippen LogP contribution in [0.3, 0.4) is 0 Å². The Hall–Kier alpha value is -1.64. The molecule has 0 fully saturated rings. The highest BCUT2D eigenvalue weighted by atomic mass is 127. The zero-order chi connectivity index (χ0) is 13.8. The summed E-state index contributed by atoms with van der Waals surface area (Å²) in [5.41, 5.74) is 2.04. The fourth-order valence-electron chi connectivity index (χ4n) is 1.70. The number of hydrogen-bond acceptors (Lipinski definition) is 4. The number of aromatic nitrogens is 2. The Morgan fingerprint density at radius 3 is 2.84 bits per heavy atom. The molecule has 0 bridgehead atoms. The maximum atomic E-state index is 10.7. The molecule has 0 aliphatic heterocycles. The van der Waals surface area contributed by atoms with E-state index in [0.29, 0.717) is 3.57 Å². The Morgan fingerprint density at radius 2 is 2.26 bits per heavy atom. The van der Waals surface area contributed by atoms with Crippen molar-refractivity contribution in [3.8, 4) is 0 Å². The van der Waals surface area contributed by atoms with E-state index in [1.54, 1.807) is 16.8 Å². The lowest BCUT2D eigenvalue weighted by molar-refractivity contribution is -0.385. The molecule has 19 heavy (non-hydrogen) atoms. The van der Waals surface area contributed by atoms with Crippen LogP contribution in [0.5, 0.6) is 0 Å². The van der Waals surface area contributed by atoms with Crippen molar-refractivity contribution in [3.63, 3.8) is 0 Å². The quantitative estimate of drug-likeness (QED) is 0.498. The third kappa shape index (κ3) is 3.66. The molecule has 0 spiro atoms. The van der Waals surface area contributed by atoms with Gasteiger partial charge in [-0.25, -0.2) is 0 Å². The highest BCUT2D eigenvalue weighted by Gasteiger charge is 2.11. The van der Waals surface area contributed by atoms with Gasteiger partial charge in [-0.15, -0.1) is 0 Å². The standard InChI is InChI=1S/C12H13IN4O2/c1-16-7-5-9(15-16)4-6-14-10-2-3-12(17(18)19)11(13)8-10/h2-3,5,7-8,14H,4,6H2,1H3. The van der Waals surface area contributed by atoms with E-state index in [4.69, 9.17) is 0 Å². The first-order valence-electron chi connectivity index (χ1n) is 5.72. The van der Waals surface area contributed by atoms with Gasteiger partial charge in [-0.2, -0.15) is 5.10 Å². The number of nitro groups is 1. The molecule has 2 rings (SSSR count). The van der Waals surface area contributed by atoms with E-state index in [1.165, 1.54) is 6.07 Å². The molecule has 2 aromatic rings. The maximum Gasteiger partial charge on any atom is 0.282 e. The molecule has 0 aliphatic rings. The van der Waals surface area contributed by atoms with Crippen LogP contribution >= 0.6 is 22.6 Å². The smallest absolute Gasteiger partial charge is 0.282 e. The fraction of sp³-hybridized carbons (Fsp3) is 0.250. The van der Waals surface area contributed by atoms with Gasteiger partial charge >= 0.3 is 0 Å². The van der Waals surface area contributed by atoms with Crippen LogP contribution in [-0.2, 0) is 13.5 Å². The van der Waals surface area contributed by atoms with E-state index >= 15 is 0 Å². The maximum absolute atomic E-state index is 10.7. The topological polar surface area (TPSA) is 73.0 Å². The summed E-state index contributed by atoms with van der Waals surface area (Å²) in [4.78, 5) is 10.3. The number of rotatable bonds is 5. The zero-order valence-corrected chi connectivity index (χ0v) is 12.5. The van der Waals surface area contributed by atoms with Crippen LogP contribution in [0.15, 0.2) is 30.5 Å². The summed E-state index contributed by atoms with van der Waals surface area (Å²) in [5, 5.41) is 18.2. The van der Waals surface area contributed by atoms with Gasteiger partial charge < -0.3 is 5.32 Å². The zero-order valence-electron chi connectivity index (χ0n) is 10.3. The van der Waals surface area contributed by atoms with Gasteiger partial charge in [0.05, 0.1) is 14.2 Å². The number of nitro benzene ring substituents is 1. The number of aryl methyl sites for hydroxylation is 1. The molecule has 1 aromatic heterocycles. The lowest BCUT2D eigenvalue weighted by Gasteiger charge is -2.05. The summed E-state index contributed by atoms with van der Waals surface area (Å²) in [6.45, 7) is 0.741. The first-order chi connectivity index (χ1) is 9.06. The minimum atomic E-state index is -0.376. The molecule has 6 nitrogen and oxygen atoms in total. The van der Waals surface area contributed by atoms with Crippen molar-refractivity contribution >= 4 is 34.0 Å². The van der Waals surface area contributed by atoms with Crippen molar-refractivity contribution in [1.29, 1.82) is 0 Å². The second kappa shape index (κ2) is 6.00. The number of hydrogen-bond donors (Lipinski definition) is 1. The van der Waals surface area contributed by atoms with E-state index in [9.17, 15) is 10.1 Å². The summed E-state index contributed by atoms with van der Waals surface area (Å²) in [6, 6.07) is 6.99. The summed E-state index contributed by atoms with van der Waals surface area (Å²) >= 11 is 1.97. The van der Waals surface area contributed by atoms with Crippen LogP contribution < -0.4 is 5.32 Å². The van der Waals surface area contributed by atoms with E-state index in [1.807, 2.05) is 41.9 Å². The SMILES string of the molecule is Cn1ccc(CCNc2ccc([N+](=O)[O-])c(I)c2)n1. The largest absolute Gasteiger partial charge is 0.385 e. The average Bonchev–Trinajstić information content (AvgIpc) is 2.75. The average molecular weight is 372 g/mol. The van der Waals surface area contributed by atoms with Crippen LogP contribution in [0.4, 0.5) is 11.4 Å². The minimum absolute atomic E-state index is 0.135. The van der Waals surface area contributed by atoms with Gasteiger partial charge in [-0.1, -0.05) is 0 Å². The molecule has 1 aromatic carbocycles. The van der Waals surface area contributed by atoms with Gasteiger partial charge in [0, 0.05) is 38.0 Å². The number of nitrogens with one attached hydrogen (secondary N) is 1. The Balaban J connectivity index is 1.93. The Morgan fingerprint density at radius 1 is 1.47 bits per heavy atom. The predicted octanol–water partition coefficient (Wildman–Crippen LogP) is 2.59. The summed E-state index contributed by atoms with van der Waals surface area (Å²) < 4.78 is 2.40. The van der Waals surface area contributed by atoms with Crippen LogP contribution in [0.1, 0.15) is 5.69 Å².